The third-order valence-electron chi connectivity index (χ3n) is 3.88. The number of nitro benzene ring substituents is 1. The average Bonchev–Trinajstić information content (AvgIpc) is 3.40. The summed E-state index contributed by atoms with van der Waals surface area (Å²) in [4.78, 5) is 12.5. The molecule has 134 valence electrons. The number of non-ortho nitro benzene ring substituents is 1. The molecule has 1 aliphatic heterocycles. The lowest BCUT2D eigenvalue weighted by molar-refractivity contribution is -0.384. The number of nitrogens with zero attached hydrogens (tertiary/aromatic N) is 6. The van der Waals surface area contributed by atoms with Crippen LogP contribution in [0.5, 0.6) is 0 Å². The van der Waals surface area contributed by atoms with Gasteiger partial charge in [0, 0.05) is 30.8 Å². The van der Waals surface area contributed by atoms with E-state index in [1.54, 1.807) is 23.5 Å². The maximum atomic E-state index is 10.7. The second-order valence-electron chi connectivity index (χ2n) is 5.64. The van der Waals surface area contributed by atoms with Crippen LogP contribution in [0.25, 0.3) is 11.5 Å². The number of benzene rings is 1. The standard InChI is InChI=1S/C15H14N6O3S2/c22-21(23)11-5-3-10(4-6-11)13-17-16-12(24-13)9-25-15-19-18-14(26-15)20-7-1-2-8-20/h3-6H,1-2,7-9H2. The second-order valence-corrected chi connectivity index (χ2v) is 7.82. The monoisotopic (exact) mass is 390 g/mol. The Morgan fingerprint density at radius 2 is 1.92 bits per heavy atom. The van der Waals surface area contributed by atoms with Gasteiger partial charge in [-0.3, -0.25) is 10.1 Å². The van der Waals surface area contributed by atoms with E-state index in [-0.39, 0.29) is 5.69 Å². The molecule has 0 bridgehead atoms. The molecule has 1 aromatic carbocycles. The lowest BCUT2D eigenvalue weighted by Crippen LogP contribution is -2.17. The highest BCUT2D eigenvalue weighted by atomic mass is 32.2. The first-order valence-corrected chi connectivity index (χ1v) is 9.78. The van der Waals surface area contributed by atoms with Crippen molar-refractivity contribution in [3.05, 3.63) is 40.3 Å². The lowest BCUT2D eigenvalue weighted by atomic mass is 10.2. The second kappa shape index (κ2) is 7.38. The number of hydrogen-bond acceptors (Lipinski definition) is 10. The molecule has 0 amide bonds. The zero-order valence-electron chi connectivity index (χ0n) is 13.6. The fourth-order valence-corrected chi connectivity index (χ4v) is 4.30. The Bertz CT molecular complexity index is 904. The molecule has 2 aromatic heterocycles. The van der Waals surface area contributed by atoms with Crippen LogP contribution in [0.4, 0.5) is 10.8 Å². The SMILES string of the molecule is O=[N+]([O-])c1ccc(-c2nnc(CSc3nnc(N4CCCC4)s3)o2)cc1. The summed E-state index contributed by atoms with van der Waals surface area (Å²) in [6, 6.07) is 6.01. The molecule has 0 unspecified atom stereocenters. The van der Waals surface area contributed by atoms with E-state index >= 15 is 0 Å². The molecule has 0 atom stereocenters. The van der Waals surface area contributed by atoms with Crippen molar-refractivity contribution in [1.29, 1.82) is 0 Å². The minimum absolute atomic E-state index is 0.0223. The first kappa shape index (κ1) is 16.9. The molecule has 1 aliphatic rings. The molecule has 0 radical (unpaired) electrons. The van der Waals surface area contributed by atoms with Crippen molar-refractivity contribution in [2.45, 2.75) is 22.9 Å². The molecule has 26 heavy (non-hydrogen) atoms. The van der Waals surface area contributed by atoms with E-state index in [2.05, 4.69) is 25.3 Å². The Kier molecular flexibility index (Phi) is 4.80. The number of thioether (sulfide) groups is 1. The fraction of sp³-hybridized carbons (Fsp3) is 0.333. The molecule has 0 aliphatic carbocycles. The average molecular weight is 390 g/mol. The summed E-state index contributed by atoms with van der Waals surface area (Å²) in [5.41, 5.74) is 0.667. The summed E-state index contributed by atoms with van der Waals surface area (Å²) in [5.74, 6) is 1.31. The number of anilines is 1. The van der Waals surface area contributed by atoms with E-state index in [0.29, 0.717) is 23.1 Å². The maximum absolute atomic E-state index is 10.7. The lowest BCUT2D eigenvalue weighted by Gasteiger charge is -2.10. The van der Waals surface area contributed by atoms with Crippen molar-refractivity contribution in [2.24, 2.45) is 0 Å². The molecule has 3 heterocycles. The van der Waals surface area contributed by atoms with E-state index in [4.69, 9.17) is 4.42 Å². The highest BCUT2D eigenvalue weighted by Gasteiger charge is 2.17. The van der Waals surface area contributed by atoms with E-state index < -0.39 is 4.92 Å². The highest BCUT2D eigenvalue weighted by Crippen LogP contribution is 2.32. The van der Waals surface area contributed by atoms with E-state index in [0.717, 1.165) is 22.6 Å². The molecule has 0 spiro atoms. The van der Waals surface area contributed by atoms with Gasteiger partial charge in [-0.15, -0.1) is 20.4 Å². The predicted octanol–water partition coefficient (Wildman–Crippen LogP) is 3.39. The normalized spacial score (nSPS) is 14.1. The zero-order chi connectivity index (χ0) is 17.9. The van der Waals surface area contributed by atoms with Gasteiger partial charge >= 0.3 is 0 Å². The summed E-state index contributed by atoms with van der Waals surface area (Å²) in [6.07, 6.45) is 2.41. The van der Waals surface area contributed by atoms with Crippen LogP contribution in [0.1, 0.15) is 18.7 Å². The predicted molar refractivity (Wildman–Crippen MR) is 97.3 cm³/mol. The van der Waals surface area contributed by atoms with Crippen LogP contribution in [-0.2, 0) is 5.75 Å². The van der Waals surface area contributed by atoms with Crippen LogP contribution in [0.15, 0.2) is 33.0 Å². The fourth-order valence-electron chi connectivity index (χ4n) is 2.57. The van der Waals surface area contributed by atoms with Crippen LogP contribution in [0.2, 0.25) is 0 Å². The smallest absolute Gasteiger partial charge is 0.269 e. The van der Waals surface area contributed by atoms with Gasteiger partial charge < -0.3 is 9.32 Å². The van der Waals surface area contributed by atoms with Crippen molar-refractivity contribution in [2.75, 3.05) is 18.0 Å². The van der Waals surface area contributed by atoms with Gasteiger partial charge in [-0.1, -0.05) is 23.1 Å². The van der Waals surface area contributed by atoms with Gasteiger partial charge in [-0.25, -0.2) is 0 Å². The van der Waals surface area contributed by atoms with Crippen LogP contribution in [-0.4, -0.2) is 38.4 Å². The summed E-state index contributed by atoms with van der Waals surface area (Å²) in [7, 11) is 0. The van der Waals surface area contributed by atoms with Gasteiger partial charge in [0.1, 0.15) is 0 Å². The minimum Gasteiger partial charge on any atom is -0.420 e. The summed E-state index contributed by atoms with van der Waals surface area (Å²) >= 11 is 3.07. The highest BCUT2D eigenvalue weighted by molar-refractivity contribution is 8.00. The number of hydrogen-bond donors (Lipinski definition) is 0. The Morgan fingerprint density at radius 1 is 1.15 bits per heavy atom. The van der Waals surface area contributed by atoms with Crippen LogP contribution in [0.3, 0.4) is 0 Å². The van der Waals surface area contributed by atoms with Crippen molar-refractivity contribution in [1.82, 2.24) is 20.4 Å². The van der Waals surface area contributed by atoms with Gasteiger partial charge in [0.25, 0.3) is 5.69 Å². The van der Waals surface area contributed by atoms with Gasteiger partial charge in [0.05, 0.1) is 10.7 Å². The summed E-state index contributed by atoms with van der Waals surface area (Å²) in [6.45, 7) is 2.09. The Hall–Kier alpha value is -2.53. The van der Waals surface area contributed by atoms with Crippen LogP contribution >= 0.6 is 23.1 Å². The molecule has 1 saturated heterocycles. The van der Waals surface area contributed by atoms with Gasteiger partial charge in [0.2, 0.25) is 16.9 Å². The molecule has 9 nitrogen and oxygen atoms in total. The van der Waals surface area contributed by atoms with Crippen molar-refractivity contribution in [3.8, 4) is 11.5 Å². The summed E-state index contributed by atoms with van der Waals surface area (Å²) in [5, 5.41) is 28.1. The van der Waals surface area contributed by atoms with E-state index in [9.17, 15) is 10.1 Å². The third kappa shape index (κ3) is 3.68. The van der Waals surface area contributed by atoms with E-state index in [1.807, 2.05) is 0 Å². The molecule has 3 aromatic rings. The minimum atomic E-state index is -0.446. The molecular formula is C15H14N6O3S2. The van der Waals surface area contributed by atoms with Crippen molar-refractivity contribution >= 4 is 33.9 Å². The topological polar surface area (TPSA) is 111 Å². The van der Waals surface area contributed by atoms with Crippen molar-refractivity contribution < 1.29 is 9.34 Å². The number of nitro groups is 1. The number of rotatable bonds is 6. The maximum Gasteiger partial charge on any atom is 0.269 e. The molecular weight excluding hydrogens is 376 g/mol. The Morgan fingerprint density at radius 3 is 2.65 bits per heavy atom. The first-order valence-electron chi connectivity index (χ1n) is 7.97. The molecule has 1 fully saturated rings. The van der Waals surface area contributed by atoms with Gasteiger partial charge in [-0.2, -0.15) is 0 Å². The quantitative estimate of drug-likeness (QED) is 0.355. The largest absolute Gasteiger partial charge is 0.420 e. The number of aromatic nitrogens is 4. The van der Waals surface area contributed by atoms with Gasteiger partial charge in [-0.05, 0) is 25.0 Å². The van der Waals surface area contributed by atoms with Crippen LogP contribution < -0.4 is 4.90 Å². The third-order valence-corrected chi connectivity index (χ3v) is 5.99. The first-order chi connectivity index (χ1) is 12.7. The van der Waals surface area contributed by atoms with Crippen molar-refractivity contribution in [3.63, 3.8) is 0 Å². The van der Waals surface area contributed by atoms with E-state index in [1.165, 1.54) is 36.7 Å². The molecule has 11 heteroatoms. The molecule has 0 N–H and O–H groups in total. The Balaban J connectivity index is 1.38. The Labute approximate surface area is 156 Å². The molecule has 0 saturated carbocycles. The zero-order valence-corrected chi connectivity index (χ0v) is 15.2. The van der Waals surface area contributed by atoms with Crippen LogP contribution in [0, 0.1) is 10.1 Å². The van der Waals surface area contributed by atoms with Gasteiger partial charge in [0.15, 0.2) is 4.34 Å². The summed E-state index contributed by atoms with van der Waals surface area (Å²) < 4.78 is 6.49. The molecule has 4 rings (SSSR count).